The van der Waals surface area contributed by atoms with E-state index in [1.807, 2.05) is 5.38 Å². The fourth-order valence-electron chi connectivity index (χ4n) is 0.879. The van der Waals surface area contributed by atoms with E-state index in [2.05, 4.69) is 0 Å². The molecule has 4 N–H and O–H groups in total. The van der Waals surface area contributed by atoms with Gasteiger partial charge in [-0.1, -0.05) is 11.6 Å². The zero-order valence-corrected chi connectivity index (χ0v) is 7.86. The monoisotopic (exact) mass is 204 g/mol. The van der Waals surface area contributed by atoms with Gasteiger partial charge in [-0.05, 0) is 11.4 Å². The highest BCUT2D eigenvalue weighted by atomic mass is 35.5. The largest absolute Gasteiger partial charge is 0.370 e. The summed E-state index contributed by atoms with van der Waals surface area (Å²) in [4.78, 5) is 11.3. The molecular formula is C7H9ClN2OS. The summed E-state index contributed by atoms with van der Waals surface area (Å²) in [5.41, 5.74) is 10.7. The first kappa shape index (κ1) is 9.51. The highest BCUT2D eigenvalue weighted by molar-refractivity contribution is 7.10. The Hall–Kier alpha value is -0.580. The van der Waals surface area contributed by atoms with E-state index in [4.69, 9.17) is 23.1 Å². The Kier molecular flexibility index (Phi) is 3.08. The molecule has 1 heterocycles. The fourth-order valence-corrected chi connectivity index (χ4v) is 2.08. The topological polar surface area (TPSA) is 69.1 Å². The van der Waals surface area contributed by atoms with E-state index in [1.165, 1.54) is 11.3 Å². The van der Waals surface area contributed by atoms with Crippen molar-refractivity contribution in [3.05, 3.63) is 21.3 Å². The van der Waals surface area contributed by atoms with Gasteiger partial charge in [0.05, 0.1) is 5.02 Å². The van der Waals surface area contributed by atoms with Crippen molar-refractivity contribution in [2.75, 3.05) is 0 Å². The fraction of sp³-hybridized carbons (Fsp3) is 0.286. The molecule has 0 aliphatic heterocycles. The Balaban J connectivity index is 2.71. The third-order valence-electron chi connectivity index (χ3n) is 1.40. The summed E-state index contributed by atoms with van der Waals surface area (Å²) in [5, 5.41) is 2.44. The summed E-state index contributed by atoms with van der Waals surface area (Å²) in [6.07, 6.45) is 0.139. The minimum atomic E-state index is -0.410. The van der Waals surface area contributed by atoms with Crippen LogP contribution in [0.5, 0.6) is 0 Å². The second-order valence-electron chi connectivity index (χ2n) is 2.41. The summed E-state index contributed by atoms with van der Waals surface area (Å²) >= 11 is 7.23. The average molecular weight is 205 g/mol. The second kappa shape index (κ2) is 3.89. The summed E-state index contributed by atoms with van der Waals surface area (Å²) in [6.45, 7) is 0. The molecule has 1 atom stereocenters. The lowest BCUT2D eigenvalue weighted by Crippen LogP contribution is -2.20. The second-order valence-corrected chi connectivity index (χ2v) is 3.76. The third-order valence-corrected chi connectivity index (χ3v) is 2.89. The standard InChI is InChI=1S/C7H9ClN2OS/c8-4-1-2-12-7(4)5(9)3-6(10)11/h1-2,5H,3,9H2,(H2,10,11). The Bertz CT molecular complexity index is 287. The van der Waals surface area contributed by atoms with Crippen molar-refractivity contribution in [1.29, 1.82) is 0 Å². The van der Waals surface area contributed by atoms with Gasteiger partial charge < -0.3 is 11.5 Å². The third kappa shape index (κ3) is 2.20. The first-order valence-electron chi connectivity index (χ1n) is 3.38. The van der Waals surface area contributed by atoms with Gasteiger partial charge in [0.25, 0.3) is 0 Å². The number of primary amides is 1. The Labute approximate surface area is 79.3 Å². The van der Waals surface area contributed by atoms with Crippen LogP contribution in [0.4, 0.5) is 0 Å². The Morgan fingerprint density at radius 3 is 2.83 bits per heavy atom. The summed E-state index contributed by atoms with van der Waals surface area (Å²) < 4.78 is 0. The van der Waals surface area contributed by atoms with Crippen LogP contribution < -0.4 is 11.5 Å². The molecule has 66 valence electrons. The molecule has 0 aromatic carbocycles. The van der Waals surface area contributed by atoms with E-state index in [-0.39, 0.29) is 12.5 Å². The number of halogens is 1. The van der Waals surface area contributed by atoms with Gasteiger partial charge in [-0.25, -0.2) is 0 Å². The number of hydrogen-bond donors (Lipinski definition) is 2. The van der Waals surface area contributed by atoms with E-state index >= 15 is 0 Å². The molecule has 1 aromatic rings. The van der Waals surface area contributed by atoms with Crippen LogP contribution in [-0.2, 0) is 4.79 Å². The molecule has 1 aromatic heterocycles. The maximum absolute atomic E-state index is 10.5. The van der Waals surface area contributed by atoms with E-state index in [0.717, 1.165) is 4.88 Å². The Morgan fingerprint density at radius 2 is 2.42 bits per heavy atom. The van der Waals surface area contributed by atoms with E-state index in [9.17, 15) is 4.79 Å². The predicted octanol–water partition coefficient (Wildman–Crippen LogP) is 1.28. The normalized spacial score (nSPS) is 12.8. The van der Waals surface area contributed by atoms with Crippen LogP contribution in [-0.4, -0.2) is 5.91 Å². The molecule has 0 aliphatic carbocycles. The van der Waals surface area contributed by atoms with Gasteiger partial charge in [-0.2, -0.15) is 0 Å². The van der Waals surface area contributed by atoms with Crippen molar-refractivity contribution in [2.24, 2.45) is 11.5 Å². The van der Waals surface area contributed by atoms with Crippen LogP contribution >= 0.6 is 22.9 Å². The number of nitrogens with two attached hydrogens (primary N) is 2. The van der Waals surface area contributed by atoms with Gasteiger partial charge in [0.15, 0.2) is 0 Å². The zero-order valence-electron chi connectivity index (χ0n) is 6.29. The SMILES string of the molecule is NC(=O)CC(N)c1sccc1Cl. The molecule has 0 radical (unpaired) electrons. The molecular weight excluding hydrogens is 196 g/mol. The molecule has 0 fully saturated rings. The van der Waals surface area contributed by atoms with E-state index in [0.29, 0.717) is 5.02 Å². The van der Waals surface area contributed by atoms with E-state index in [1.54, 1.807) is 6.07 Å². The highest BCUT2D eigenvalue weighted by Gasteiger charge is 2.13. The molecule has 0 aliphatic rings. The molecule has 0 saturated heterocycles. The number of carbonyl (C=O) groups is 1. The summed E-state index contributed by atoms with van der Waals surface area (Å²) in [6, 6.07) is 1.39. The lowest BCUT2D eigenvalue weighted by molar-refractivity contribution is -0.118. The molecule has 1 rings (SSSR count). The number of carbonyl (C=O) groups excluding carboxylic acids is 1. The van der Waals surface area contributed by atoms with E-state index < -0.39 is 5.91 Å². The summed E-state index contributed by atoms with van der Waals surface area (Å²) in [7, 11) is 0. The first-order chi connectivity index (χ1) is 5.61. The van der Waals surface area contributed by atoms with Gasteiger partial charge in [-0.15, -0.1) is 11.3 Å². The molecule has 0 bridgehead atoms. The number of amides is 1. The van der Waals surface area contributed by atoms with Crippen LogP contribution in [0.3, 0.4) is 0 Å². The molecule has 0 saturated carbocycles. The minimum absolute atomic E-state index is 0.139. The predicted molar refractivity (Wildman–Crippen MR) is 50.1 cm³/mol. The maximum Gasteiger partial charge on any atom is 0.219 e. The van der Waals surface area contributed by atoms with Crippen LogP contribution in [0.25, 0.3) is 0 Å². The molecule has 5 heteroatoms. The lowest BCUT2D eigenvalue weighted by atomic mass is 10.2. The van der Waals surface area contributed by atoms with Crippen molar-refractivity contribution in [1.82, 2.24) is 0 Å². The van der Waals surface area contributed by atoms with Gasteiger partial charge >= 0.3 is 0 Å². The molecule has 1 unspecified atom stereocenters. The van der Waals surface area contributed by atoms with Gasteiger partial charge in [0, 0.05) is 17.3 Å². The maximum atomic E-state index is 10.5. The number of hydrogen-bond acceptors (Lipinski definition) is 3. The van der Waals surface area contributed by atoms with Gasteiger partial charge in [-0.3, -0.25) is 4.79 Å². The van der Waals surface area contributed by atoms with Crippen LogP contribution in [0.15, 0.2) is 11.4 Å². The van der Waals surface area contributed by atoms with Crippen LogP contribution in [0.2, 0.25) is 5.02 Å². The van der Waals surface area contributed by atoms with Crippen molar-refractivity contribution in [2.45, 2.75) is 12.5 Å². The zero-order chi connectivity index (χ0) is 9.14. The lowest BCUT2D eigenvalue weighted by Gasteiger charge is -2.06. The van der Waals surface area contributed by atoms with Crippen molar-refractivity contribution < 1.29 is 4.79 Å². The molecule has 12 heavy (non-hydrogen) atoms. The van der Waals surface area contributed by atoms with Crippen LogP contribution in [0.1, 0.15) is 17.3 Å². The molecule has 1 amide bonds. The minimum Gasteiger partial charge on any atom is -0.370 e. The number of thiophene rings is 1. The van der Waals surface area contributed by atoms with Gasteiger partial charge in [0.2, 0.25) is 5.91 Å². The molecule has 3 nitrogen and oxygen atoms in total. The Morgan fingerprint density at radius 1 is 1.75 bits per heavy atom. The van der Waals surface area contributed by atoms with Crippen LogP contribution in [0, 0.1) is 0 Å². The summed E-state index contributed by atoms with van der Waals surface area (Å²) in [5.74, 6) is -0.410. The van der Waals surface area contributed by atoms with Crippen molar-refractivity contribution in [3.8, 4) is 0 Å². The van der Waals surface area contributed by atoms with Crippen molar-refractivity contribution in [3.63, 3.8) is 0 Å². The molecule has 0 spiro atoms. The van der Waals surface area contributed by atoms with Gasteiger partial charge in [0.1, 0.15) is 0 Å². The highest BCUT2D eigenvalue weighted by Crippen LogP contribution is 2.28. The average Bonchev–Trinajstić information content (AvgIpc) is 2.33. The quantitative estimate of drug-likeness (QED) is 0.779. The smallest absolute Gasteiger partial charge is 0.219 e. The first-order valence-corrected chi connectivity index (χ1v) is 4.64. The number of rotatable bonds is 3. The van der Waals surface area contributed by atoms with Crippen molar-refractivity contribution >= 4 is 28.8 Å².